The van der Waals surface area contributed by atoms with Crippen LogP contribution in [0.25, 0.3) is 6.08 Å². The van der Waals surface area contributed by atoms with Gasteiger partial charge in [0, 0.05) is 10.0 Å². The van der Waals surface area contributed by atoms with Crippen molar-refractivity contribution in [3.63, 3.8) is 0 Å². The number of carbonyl (C=O) groups excluding carboxylic acids is 1. The summed E-state index contributed by atoms with van der Waals surface area (Å²) in [6.45, 7) is 0.447. The lowest BCUT2D eigenvalue weighted by Gasteiger charge is -2.06. The summed E-state index contributed by atoms with van der Waals surface area (Å²) in [5, 5.41) is 4.85. The molecule has 0 aliphatic carbocycles. The first kappa shape index (κ1) is 21.8. The Hall–Kier alpha value is -2.44. The molecular formula is C23H15Cl3N2O2S. The normalized spacial score (nSPS) is 16.0. The Morgan fingerprint density at radius 3 is 2.35 bits per heavy atom. The molecule has 8 heteroatoms. The number of nitrogens with zero attached hydrogens (tertiary/aromatic N) is 1. The number of thioether (sulfide) groups is 1. The lowest BCUT2D eigenvalue weighted by Crippen LogP contribution is -2.19. The van der Waals surface area contributed by atoms with E-state index in [-0.39, 0.29) is 5.91 Å². The van der Waals surface area contributed by atoms with Gasteiger partial charge in [0.15, 0.2) is 5.17 Å². The monoisotopic (exact) mass is 488 g/mol. The van der Waals surface area contributed by atoms with Crippen molar-refractivity contribution < 1.29 is 9.53 Å². The van der Waals surface area contributed by atoms with Crippen molar-refractivity contribution in [2.45, 2.75) is 6.61 Å². The Bertz CT molecular complexity index is 1180. The van der Waals surface area contributed by atoms with E-state index >= 15 is 0 Å². The number of halogens is 3. The highest BCUT2D eigenvalue weighted by Gasteiger charge is 2.24. The summed E-state index contributed by atoms with van der Waals surface area (Å²) in [5.74, 6) is 0.525. The van der Waals surface area contributed by atoms with E-state index in [0.717, 1.165) is 16.9 Å². The maximum absolute atomic E-state index is 12.3. The Morgan fingerprint density at radius 2 is 1.65 bits per heavy atom. The van der Waals surface area contributed by atoms with Gasteiger partial charge in [0.1, 0.15) is 12.4 Å². The Kier molecular flexibility index (Phi) is 6.88. The summed E-state index contributed by atoms with van der Waals surface area (Å²) in [7, 11) is 0. The van der Waals surface area contributed by atoms with Gasteiger partial charge in [-0.1, -0.05) is 59.1 Å². The van der Waals surface area contributed by atoms with Crippen LogP contribution in [0.5, 0.6) is 5.75 Å². The molecule has 0 aromatic heterocycles. The van der Waals surface area contributed by atoms with Gasteiger partial charge in [-0.3, -0.25) is 4.79 Å². The van der Waals surface area contributed by atoms with Crippen LogP contribution in [0.15, 0.2) is 76.6 Å². The first-order valence-electron chi connectivity index (χ1n) is 9.18. The van der Waals surface area contributed by atoms with Crippen LogP contribution in [0.1, 0.15) is 11.1 Å². The number of nitrogens with one attached hydrogen (secondary N) is 1. The van der Waals surface area contributed by atoms with Gasteiger partial charge in [0.05, 0.1) is 15.6 Å². The first-order valence-corrected chi connectivity index (χ1v) is 11.1. The number of hydrogen-bond donors (Lipinski definition) is 1. The molecule has 0 bridgehead atoms. The molecule has 1 fully saturated rings. The molecule has 0 atom stereocenters. The van der Waals surface area contributed by atoms with Crippen LogP contribution in [-0.4, -0.2) is 11.1 Å². The zero-order valence-electron chi connectivity index (χ0n) is 15.9. The van der Waals surface area contributed by atoms with Gasteiger partial charge in [-0.15, -0.1) is 0 Å². The number of rotatable bonds is 5. The zero-order chi connectivity index (χ0) is 21.8. The maximum Gasteiger partial charge on any atom is 0.264 e. The quantitative estimate of drug-likeness (QED) is 0.388. The third kappa shape index (κ3) is 5.83. The second kappa shape index (κ2) is 9.79. The van der Waals surface area contributed by atoms with E-state index in [1.165, 1.54) is 11.8 Å². The largest absolute Gasteiger partial charge is 0.489 e. The molecule has 0 saturated carbocycles. The molecule has 0 spiro atoms. The van der Waals surface area contributed by atoms with Crippen LogP contribution in [0.4, 0.5) is 5.69 Å². The minimum Gasteiger partial charge on any atom is -0.489 e. The van der Waals surface area contributed by atoms with Crippen molar-refractivity contribution in [3.05, 3.63) is 97.8 Å². The Balaban J connectivity index is 1.41. The Labute approximate surface area is 198 Å². The zero-order valence-corrected chi connectivity index (χ0v) is 19.0. The molecule has 1 aliphatic heterocycles. The molecule has 4 rings (SSSR count). The van der Waals surface area contributed by atoms with Crippen LogP contribution in [-0.2, 0) is 11.4 Å². The van der Waals surface area contributed by atoms with Crippen molar-refractivity contribution in [1.82, 2.24) is 5.32 Å². The van der Waals surface area contributed by atoms with Crippen molar-refractivity contribution in [2.75, 3.05) is 0 Å². The van der Waals surface area contributed by atoms with Crippen LogP contribution >= 0.6 is 46.6 Å². The third-order valence-electron chi connectivity index (χ3n) is 4.28. The average Bonchev–Trinajstić information content (AvgIpc) is 3.09. The van der Waals surface area contributed by atoms with Gasteiger partial charge >= 0.3 is 0 Å². The third-order valence-corrected chi connectivity index (χ3v) is 5.98. The molecule has 1 saturated heterocycles. The lowest BCUT2D eigenvalue weighted by atomic mass is 10.2. The van der Waals surface area contributed by atoms with Crippen molar-refractivity contribution >= 4 is 69.4 Å². The predicted octanol–water partition coefficient (Wildman–Crippen LogP) is 7.12. The number of carbonyl (C=O) groups is 1. The summed E-state index contributed by atoms with van der Waals surface area (Å²) in [5.41, 5.74) is 2.45. The van der Waals surface area contributed by atoms with Crippen molar-refractivity contribution in [1.29, 1.82) is 0 Å². The summed E-state index contributed by atoms with van der Waals surface area (Å²) >= 11 is 19.2. The molecule has 31 heavy (non-hydrogen) atoms. The smallest absolute Gasteiger partial charge is 0.264 e. The number of hydrogen-bond acceptors (Lipinski definition) is 4. The van der Waals surface area contributed by atoms with Crippen LogP contribution < -0.4 is 10.1 Å². The standard InChI is InChI=1S/C23H15Cl3N2O2S/c24-16-5-1-15(2-6-16)13-30-18-8-3-14(4-9-18)11-21-22(29)28-23(31-21)27-20-10-7-17(25)12-19(20)26/h1-12H,13H2,(H,27,28,29). The van der Waals surface area contributed by atoms with E-state index in [9.17, 15) is 4.79 Å². The van der Waals surface area contributed by atoms with Gasteiger partial charge in [-0.25, -0.2) is 4.99 Å². The van der Waals surface area contributed by atoms with E-state index in [4.69, 9.17) is 39.5 Å². The summed E-state index contributed by atoms with van der Waals surface area (Å²) in [6.07, 6.45) is 1.80. The molecule has 1 heterocycles. The van der Waals surface area contributed by atoms with E-state index < -0.39 is 0 Å². The molecule has 1 N–H and O–H groups in total. The predicted molar refractivity (Wildman–Crippen MR) is 129 cm³/mol. The fourth-order valence-corrected chi connectivity index (χ4v) is 4.13. The molecule has 1 amide bonds. The fraction of sp³-hybridized carbons (Fsp3) is 0.0435. The van der Waals surface area contributed by atoms with Crippen LogP contribution in [0, 0.1) is 0 Å². The summed E-state index contributed by atoms with van der Waals surface area (Å²) < 4.78 is 5.79. The molecule has 3 aromatic carbocycles. The lowest BCUT2D eigenvalue weighted by molar-refractivity contribution is -0.115. The molecule has 3 aromatic rings. The second-order valence-electron chi connectivity index (χ2n) is 6.56. The highest BCUT2D eigenvalue weighted by atomic mass is 35.5. The molecule has 1 aliphatic rings. The minimum atomic E-state index is -0.211. The topological polar surface area (TPSA) is 50.7 Å². The number of amidine groups is 1. The summed E-state index contributed by atoms with van der Waals surface area (Å²) in [4.78, 5) is 17.2. The summed E-state index contributed by atoms with van der Waals surface area (Å²) in [6, 6.07) is 20.0. The van der Waals surface area contributed by atoms with E-state index in [2.05, 4.69) is 10.3 Å². The molecule has 0 radical (unpaired) electrons. The highest BCUT2D eigenvalue weighted by molar-refractivity contribution is 8.18. The fourth-order valence-electron chi connectivity index (χ4n) is 2.72. The first-order chi connectivity index (χ1) is 15.0. The van der Waals surface area contributed by atoms with Gasteiger partial charge < -0.3 is 10.1 Å². The molecule has 4 nitrogen and oxygen atoms in total. The van der Waals surface area contributed by atoms with E-state index in [0.29, 0.717) is 37.4 Å². The van der Waals surface area contributed by atoms with Crippen LogP contribution in [0.3, 0.4) is 0 Å². The number of benzene rings is 3. The number of ether oxygens (including phenoxy) is 1. The SMILES string of the molecule is O=C1NC(=Nc2ccc(Cl)cc2Cl)SC1=Cc1ccc(OCc2ccc(Cl)cc2)cc1. The van der Waals surface area contributed by atoms with Crippen molar-refractivity contribution in [3.8, 4) is 5.75 Å². The van der Waals surface area contributed by atoms with Gasteiger partial charge in [-0.2, -0.15) is 0 Å². The highest BCUT2D eigenvalue weighted by Crippen LogP contribution is 2.32. The average molecular weight is 490 g/mol. The van der Waals surface area contributed by atoms with Crippen LogP contribution in [0.2, 0.25) is 15.1 Å². The molecule has 0 unspecified atom stereocenters. The van der Waals surface area contributed by atoms with E-state index in [1.54, 1.807) is 24.3 Å². The maximum atomic E-state index is 12.3. The van der Waals surface area contributed by atoms with Crippen molar-refractivity contribution in [2.24, 2.45) is 4.99 Å². The minimum absolute atomic E-state index is 0.211. The van der Waals surface area contributed by atoms with E-state index in [1.807, 2.05) is 48.5 Å². The van der Waals surface area contributed by atoms with Gasteiger partial charge in [0.25, 0.3) is 5.91 Å². The Morgan fingerprint density at radius 1 is 0.935 bits per heavy atom. The number of aliphatic imine (C=N–C) groups is 1. The molecule has 156 valence electrons. The molecular weight excluding hydrogens is 475 g/mol. The van der Waals surface area contributed by atoms with Gasteiger partial charge in [-0.05, 0) is 71.4 Å². The number of amides is 1. The van der Waals surface area contributed by atoms with Gasteiger partial charge in [0.2, 0.25) is 0 Å². The second-order valence-corrected chi connectivity index (χ2v) is 8.87.